The first-order chi connectivity index (χ1) is 12.5. The van der Waals surface area contributed by atoms with Gasteiger partial charge in [-0.05, 0) is 30.3 Å². The van der Waals surface area contributed by atoms with Gasteiger partial charge in [0.15, 0.2) is 0 Å². The maximum atomic E-state index is 13.7. The Morgan fingerprint density at radius 3 is 2.50 bits per heavy atom. The standard InChI is InChI=1S/C19H14Cl2FN3O/c20-14-5-3-6-15(21)18(14)25-19(26)12-8-9-23-17(10-12)24-11-13-4-1-2-7-16(13)22/h1-10H,11H2,(H,23,24)(H,25,26). The molecule has 0 spiro atoms. The molecule has 1 heterocycles. The van der Waals surface area contributed by atoms with Crippen LogP contribution in [0.1, 0.15) is 15.9 Å². The Balaban J connectivity index is 1.72. The molecule has 3 aromatic rings. The molecule has 0 aliphatic heterocycles. The van der Waals surface area contributed by atoms with Gasteiger partial charge in [0.25, 0.3) is 5.91 Å². The van der Waals surface area contributed by atoms with Crippen molar-refractivity contribution in [1.29, 1.82) is 0 Å². The molecule has 4 nitrogen and oxygen atoms in total. The minimum absolute atomic E-state index is 0.251. The Hall–Kier alpha value is -2.63. The molecule has 0 aliphatic rings. The lowest BCUT2D eigenvalue weighted by Gasteiger charge is -2.11. The minimum Gasteiger partial charge on any atom is -0.366 e. The van der Waals surface area contributed by atoms with Gasteiger partial charge in [-0.15, -0.1) is 0 Å². The summed E-state index contributed by atoms with van der Waals surface area (Å²) in [6.07, 6.45) is 1.49. The third-order valence-corrected chi connectivity index (χ3v) is 4.27. The number of hydrogen-bond donors (Lipinski definition) is 2. The molecule has 0 saturated heterocycles. The number of pyridine rings is 1. The molecule has 2 N–H and O–H groups in total. The summed E-state index contributed by atoms with van der Waals surface area (Å²) in [7, 11) is 0. The van der Waals surface area contributed by atoms with Gasteiger partial charge in [0.2, 0.25) is 0 Å². The summed E-state index contributed by atoms with van der Waals surface area (Å²) in [5.41, 5.74) is 1.22. The van der Waals surface area contributed by atoms with E-state index in [1.54, 1.807) is 48.5 Å². The van der Waals surface area contributed by atoms with Gasteiger partial charge >= 0.3 is 0 Å². The highest BCUT2D eigenvalue weighted by Crippen LogP contribution is 2.30. The second kappa shape index (κ2) is 8.17. The fourth-order valence-corrected chi connectivity index (χ4v) is 2.79. The van der Waals surface area contributed by atoms with Gasteiger partial charge in [-0.1, -0.05) is 47.5 Å². The van der Waals surface area contributed by atoms with E-state index in [2.05, 4.69) is 15.6 Å². The molecule has 7 heteroatoms. The molecule has 2 aromatic carbocycles. The lowest BCUT2D eigenvalue weighted by molar-refractivity contribution is 0.102. The molecule has 0 bridgehead atoms. The number of rotatable bonds is 5. The molecule has 0 radical (unpaired) electrons. The van der Waals surface area contributed by atoms with Crippen LogP contribution in [0, 0.1) is 5.82 Å². The number of hydrogen-bond acceptors (Lipinski definition) is 3. The lowest BCUT2D eigenvalue weighted by atomic mass is 10.2. The first-order valence-corrected chi connectivity index (χ1v) is 8.49. The fraction of sp³-hybridized carbons (Fsp3) is 0.0526. The average Bonchev–Trinajstić information content (AvgIpc) is 2.64. The lowest BCUT2D eigenvalue weighted by Crippen LogP contribution is -2.13. The van der Waals surface area contributed by atoms with Gasteiger partial charge in [-0.3, -0.25) is 4.79 Å². The van der Waals surface area contributed by atoms with Crippen LogP contribution in [-0.2, 0) is 6.54 Å². The highest BCUT2D eigenvalue weighted by Gasteiger charge is 2.12. The largest absolute Gasteiger partial charge is 0.366 e. The van der Waals surface area contributed by atoms with Crippen molar-refractivity contribution in [3.63, 3.8) is 0 Å². The highest BCUT2D eigenvalue weighted by atomic mass is 35.5. The number of amides is 1. The molecule has 0 unspecified atom stereocenters. The molecular weight excluding hydrogens is 376 g/mol. The first kappa shape index (κ1) is 18.2. The van der Waals surface area contributed by atoms with E-state index in [9.17, 15) is 9.18 Å². The average molecular weight is 390 g/mol. The number of carbonyl (C=O) groups is 1. The summed E-state index contributed by atoms with van der Waals surface area (Å²) < 4.78 is 13.7. The van der Waals surface area contributed by atoms with Crippen LogP contribution in [0.4, 0.5) is 15.9 Å². The third kappa shape index (κ3) is 4.31. The topological polar surface area (TPSA) is 54.0 Å². The molecular formula is C19H14Cl2FN3O. The second-order valence-electron chi connectivity index (χ2n) is 5.43. The van der Waals surface area contributed by atoms with Gasteiger partial charge in [-0.2, -0.15) is 0 Å². The number of benzene rings is 2. The Morgan fingerprint density at radius 1 is 1.04 bits per heavy atom. The number of para-hydroxylation sites is 1. The van der Waals surface area contributed by atoms with E-state index < -0.39 is 0 Å². The molecule has 0 aliphatic carbocycles. The zero-order chi connectivity index (χ0) is 18.5. The zero-order valence-electron chi connectivity index (χ0n) is 13.5. The molecule has 3 rings (SSSR count). The Bertz CT molecular complexity index is 929. The predicted molar refractivity (Wildman–Crippen MR) is 102 cm³/mol. The van der Waals surface area contributed by atoms with Crippen LogP contribution in [0.25, 0.3) is 0 Å². The molecule has 26 heavy (non-hydrogen) atoms. The van der Waals surface area contributed by atoms with Crippen LogP contribution in [0.15, 0.2) is 60.8 Å². The van der Waals surface area contributed by atoms with Crippen LogP contribution in [-0.4, -0.2) is 10.9 Å². The van der Waals surface area contributed by atoms with Gasteiger partial charge in [0.1, 0.15) is 11.6 Å². The first-order valence-electron chi connectivity index (χ1n) is 7.73. The quantitative estimate of drug-likeness (QED) is 0.614. The van der Waals surface area contributed by atoms with Crippen molar-refractivity contribution in [1.82, 2.24) is 4.98 Å². The molecule has 0 fully saturated rings. The van der Waals surface area contributed by atoms with Gasteiger partial charge < -0.3 is 10.6 Å². The van der Waals surface area contributed by atoms with E-state index in [4.69, 9.17) is 23.2 Å². The van der Waals surface area contributed by atoms with Crippen LogP contribution in [0.5, 0.6) is 0 Å². The Labute approximate surface area is 160 Å². The normalized spacial score (nSPS) is 10.4. The number of nitrogens with one attached hydrogen (secondary N) is 2. The number of anilines is 2. The van der Waals surface area contributed by atoms with Crippen molar-refractivity contribution in [2.45, 2.75) is 6.54 Å². The van der Waals surface area contributed by atoms with E-state index in [1.807, 2.05) is 0 Å². The summed E-state index contributed by atoms with van der Waals surface area (Å²) in [5, 5.41) is 6.38. The van der Waals surface area contributed by atoms with Crippen molar-refractivity contribution in [2.24, 2.45) is 0 Å². The Morgan fingerprint density at radius 2 is 1.77 bits per heavy atom. The van der Waals surface area contributed by atoms with E-state index in [1.165, 1.54) is 12.3 Å². The smallest absolute Gasteiger partial charge is 0.255 e. The van der Waals surface area contributed by atoms with Crippen molar-refractivity contribution >= 4 is 40.6 Å². The van der Waals surface area contributed by atoms with E-state index in [0.717, 1.165) is 0 Å². The van der Waals surface area contributed by atoms with Gasteiger partial charge in [0, 0.05) is 23.9 Å². The van der Waals surface area contributed by atoms with E-state index >= 15 is 0 Å². The van der Waals surface area contributed by atoms with Crippen molar-refractivity contribution in [3.8, 4) is 0 Å². The molecule has 0 atom stereocenters. The Kier molecular flexibility index (Phi) is 5.71. The fourth-order valence-electron chi connectivity index (χ4n) is 2.30. The van der Waals surface area contributed by atoms with E-state index in [-0.39, 0.29) is 18.3 Å². The summed E-state index contributed by atoms with van der Waals surface area (Å²) in [6, 6.07) is 14.5. The maximum Gasteiger partial charge on any atom is 0.255 e. The van der Waals surface area contributed by atoms with Crippen LogP contribution >= 0.6 is 23.2 Å². The molecule has 1 aromatic heterocycles. The highest BCUT2D eigenvalue weighted by molar-refractivity contribution is 6.40. The molecule has 132 valence electrons. The number of aromatic nitrogens is 1. The van der Waals surface area contributed by atoms with Crippen LogP contribution < -0.4 is 10.6 Å². The van der Waals surface area contributed by atoms with Crippen molar-refractivity contribution in [3.05, 3.63) is 87.8 Å². The van der Waals surface area contributed by atoms with Crippen molar-refractivity contribution in [2.75, 3.05) is 10.6 Å². The van der Waals surface area contributed by atoms with Gasteiger partial charge in [-0.25, -0.2) is 9.37 Å². The third-order valence-electron chi connectivity index (χ3n) is 3.64. The van der Waals surface area contributed by atoms with Crippen LogP contribution in [0.2, 0.25) is 10.0 Å². The molecule has 0 saturated carbocycles. The summed E-state index contributed by atoms with van der Waals surface area (Å²) in [4.78, 5) is 16.6. The van der Waals surface area contributed by atoms with Crippen LogP contribution in [0.3, 0.4) is 0 Å². The monoisotopic (exact) mass is 389 g/mol. The number of halogens is 3. The maximum absolute atomic E-state index is 13.7. The van der Waals surface area contributed by atoms with Crippen molar-refractivity contribution < 1.29 is 9.18 Å². The predicted octanol–water partition coefficient (Wildman–Crippen LogP) is 5.39. The number of carbonyl (C=O) groups excluding carboxylic acids is 1. The minimum atomic E-state index is -0.378. The van der Waals surface area contributed by atoms with E-state index in [0.29, 0.717) is 32.7 Å². The summed E-state index contributed by atoms with van der Waals surface area (Å²) in [6.45, 7) is 0.251. The summed E-state index contributed by atoms with van der Waals surface area (Å²) in [5.74, 6) is -0.232. The summed E-state index contributed by atoms with van der Waals surface area (Å²) >= 11 is 12.1. The number of nitrogens with zero attached hydrogens (tertiary/aromatic N) is 1. The SMILES string of the molecule is O=C(Nc1c(Cl)cccc1Cl)c1ccnc(NCc2ccccc2F)c1. The second-order valence-corrected chi connectivity index (χ2v) is 6.24. The molecule has 1 amide bonds. The van der Waals surface area contributed by atoms with Gasteiger partial charge in [0.05, 0.1) is 15.7 Å². The zero-order valence-corrected chi connectivity index (χ0v) is 15.0.